The molecule has 0 fully saturated rings. The molecule has 0 amide bonds. The summed E-state index contributed by atoms with van der Waals surface area (Å²) in [4.78, 5) is 0. The van der Waals surface area contributed by atoms with Crippen LogP contribution in [0.3, 0.4) is 0 Å². The van der Waals surface area contributed by atoms with E-state index in [1.54, 1.807) is 0 Å². The van der Waals surface area contributed by atoms with Crippen molar-refractivity contribution in [3.8, 4) is 11.8 Å². The van der Waals surface area contributed by atoms with Gasteiger partial charge in [-0.1, -0.05) is 67.0 Å². The largest absolute Gasteiger partial charge is 0.387 e. The van der Waals surface area contributed by atoms with E-state index in [1.165, 1.54) is 0 Å². The molecule has 1 atom stereocenters. The van der Waals surface area contributed by atoms with E-state index in [0.717, 1.165) is 11.1 Å². The predicted octanol–water partition coefficient (Wildman–Crippen LogP) is 3.20. The summed E-state index contributed by atoms with van der Waals surface area (Å²) in [6.45, 7) is 3.84. The normalized spacial score (nSPS) is 11.2. The lowest BCUT2D eigenvalue weighted by atomic mass is 10.0. The molecule has 0 heterocycles. The molecule has 0 radical (unpaired) electrons. The Balaban J connectivity index is 1.99. The van der Waals surface area contributed by atoms with Gasteiger partial charge in [0, 0.05) is 17.6 Å². The van der Waals surface area contributed by atoms with Crippen LogP contribution in [0.5, 0.6) is 0 Å². The second-order valence-electron chi connectivity index (χ2n) is 4.35. The van der Waals surface area contributed by atoms with Gasteiger partial charge in [-0.05, 0) is 17.7 Å². The molecular weight excluding hydrogens is 232 g/mol. The van der Waals surface area contributed by atoms with E-state index in [2.05, 4.69) is 18.4 Å². The van der Waals surface area contributed by atoms with Crippen LogP contribution in [0.2, 0.25) is 0 Å². The highest BCUT2D eigenvalue weighted by Crippen LogP contribution is 2.08. The average molecular weight is 248 g/mol. The van der Waals surface area contributed by atoms with Crippen LogP contribution in [0, 0.1) is 11.8 Å². The fourth-order valence-corrected chi connectivity index (χ4v) is 1.72. The number of rotatable bonds is 3. The first-order chi connectivity index (χ1) is 9.25. The van der Waals surface area contributed by atoms with Crippen molar-refractivity contribution in [1.29, 1.82) is 0 Å². The van der Waals surface area contributed by atoms with Crippen LogP contribution < -0.4 is 0 Å². The van der Waals surface area contributed by atoms with Crippen LogP contribution in [0.15, 0.2) is 72.8 Å². The average Bonchev–Trinajstić information content (AvgIpc) is 2.47. The van der Waals surface area contributed by atoms with Crippen molar-refractivity contribution in [3.05, 3.63) is 83.9 Å². The molecule has 0 saturated heterocycles. The molecule has 1 N–H and O–H groups in total. The van der Waals surface area contributed by atoms with Gasteiger partial charge in [0.05, 0.1) is 6.10 Å². The zero-order valence-electron chi connectivity index (χ0n) is 10.7. The van der Waals surface area contributed by atoms with Gasteiger partial charge in [0.25, 0.3) is 0 Å². The van der Waals surface area contributed by atoms with Crippen molar-refractivity contribution in [3.63, 3.8) is 0 Å². The number of aliphatic hydroxyl groups excluding tert-OH is 1. The molecule has 0 bridgehead atoms. The Morgan fingerprint density at radius 3 is 2.21 bits per heavy atom. The summed E-state index contributed by atoms with van der Waals surface area (Å²) in [5.41, 5.74) is 2.56. The minimum absolute atomic E-state index is 0.545. The zero-order valence-corrected chi connectivity index (χ0v) is 10.7. The van der Waals surface area contributed by atoms with E-state index in [9.17, 15) is 5.11 Å². The van der Waals surface area contributed by atoms with Crippen molar-refractivity contribution < 1.29 is 5.11 Å². The monoisotopic (exact) mass is 248 g/mol. The van der Waals surface area contributed by atoms with Gasteiger partial charge < -0.3 is 5.11 Å². The lowest BCUT2D eigenvalue weighted by Gasteiger charge is -2.08. The number of hydrogen-bond acceptors (Lipinski definition) is 1. The van der Waals surface area contributed by atoms with Crippen LogP contribution >= 0.6 is 0 Å². The van der Waals surface area contributed by atoms with Crippen LogP contribution in [-0.4, -0.2) is 11.2 Å². The van der Waals surface area contributed by atoms with E-state index in [4.69, 9.17) is 0 Å². The van der Waals surface area contributed by atoms with Gasteiger partial charge in [-0.3, -0.25) is 0 Å². The van der Waals surface area contributed by atoms with Crippen molar-refractivity contribution in [1.82, 2.24) is 0 Å². The van der Waals surface area contributed by atoms with Crippen molar-refractivity contribution in [2.24, 2.45) is 0 Å². The van der Waals surface area contributed by atoms with Crippen LogP contribution in [-0.2, 0) is 6.42 Å². The molecule has 0 aliphatic carbocycles. The van der Waals surface area contributed by atoms with Crippen LogP contribution in [0.25, 0.3) is 0 Å². The molecule has 1 unspecified atom stereocenters. The Morgan fingerprint density at radius 1 is 1.00 bits per heavy atom. The molecule has 0 spiro atoms. The Labute approximate surface area is 114 Å². The van der Waals surface area contributed by atoms with Crippen LogP contribution in [0.4, 0.5) is 0 Å². The van der Waals surface area contributed by atoms with Gasteiger partial charge >= 0.3 is 0 Å². The molecule has 0 saturated carbocycles. The summed E-state index contributed by atoms with van der Waals surface area (Å²) < 4.78 is 0. The Kier molecular flexibility index (Phi) is 4.55. The van der Waals surface area contributed by atoms with Crippen molar-refractivity contribution in [2.75, 3.05) is 0 Å². The van der Waals surface area contributed by atoms with E-state index >= 15 is 0 Å². The van der Waals surface area contributed by atoms with Gasteiger partial charge in [0.2, 0.25) is 0 Å². The molecular formula is C18H16O. The fourth-order valence-electron chi connectivity index (χ4n) is 1.72. The third-order valence-corrected chi connectivity index (χ3v) is 2.82. The topological polar surface area (TPSA) is 20.2 Å². The maximum atomic E-state index is 10.0. The quantitative estimate of drug-likeness (QED) is 0.827. The summed E-state index contributed by atoms with van der Waals surface area (Å²) in [7, 11) is 0. The van der Waals surface area contributed by atoms with Crippen molar-refractivity contribution in [2.45, 2.75) is 12.5 Å². The Morgan fingerprint density at radius 2 is 1.58 bits per heavy atom. The van der Waals surface area contributed by atoms with E-state index in [-0.39, 0.29) is 0 Å². The highest BCUT2D eigenvalue weighted by molar-refractivity contribution is 5.41. The minimum Gasteiger partial charge on any atom is -0.387 e. The molecule has 2 aromatic rings. The fraction of sp³-hybridized carbons (Fsp3) is 0.111. The summed E-state index contributed by atoms with van der Waals surface area (Å²) in [5, 5.41) is 10.0. The molecule has 0 aromatic heterocycles. The number of hydrogen-bond donors (Lipinski definition) is 1. The first-order valence-corrected chi connectivity index (χ1v) is 6.23. The molecule has 1 heteroatoms. The summed E-state index contributed by atoms with van der Waals surface area (Å²) in [6, 6.07) is 19.5. The van der Waals surface area contributed by atoms with Gasteiger partial charge in [0.1, 0.15) is 0 Å². The van der Waals surface area contributed by atoms with Gasteiger partial charge in [-0.25, -0.2) is 0 Å². The SMILES string of the molecule is C=C(C#Cc1ccccc1)C(O)Cc1ccccc1. The smallest absolute Gasteiger partial charge is 0.0902 e. The van der Waals surface area contributed by atoms with Crippen LogP contribution in [0.1, 0.15) is 11.1 Å². The zero-order chi connectivity index (χ0) is 13.5. The first kappa shape index (κ1) is 13.1. The van der Waals surface area contributed by atoms with Gasteiger partial charge in [0.15, 0.2) is 0 Å². The second-order valence-corrected chi connectivity index (χ2v) is 4.35. The number of aliphatic hydroxyl groups is 1. The summed E-state index contributed by atoms with van der Waals surface area (Å²) in [5.74, 6) is 5.93. The highest BCUT2D eigenvalue weighted by Gasteiger charge is 2.07. The molecule has 2 rings (SSSR count). The second kappa shape index (κ2) is 6.58. The molecule has 0 aliphatic heterocycles. The predicted molar refractivity (Wildman–Crippen MR) is 78.6 cm³/mol. The van der Waals surface area contributed by atoms with E-state index in [1.807, 2.05) is 60.7 Å². The summed E-state index contributed by atoms with van der Waals surface area (Å²) in [6.07, 6.45) is -0.0815. The molecule has 19 heavy (non-hydrogen) atoms. The van der Waals surface area contributed by atoms with Gasteiger partial charge in [-0.15, -0.1) is 0 Å². The molecule has 2 aromatic carbocycles. The summed E-state index contributed by atoms with van der Waals surface area (Å²) >= 11 is 0. The van der Waals surface area contributed by atoms with Crippen molar-refractivity contribution >= 4 is 0 Å². The molecule has 1 nitrogen and oxygen atoms in total. The Hall–Kier alpha value is -2.30. The third-order valence-electron chi connectivity index (χ3n) is 2.82. The lowest BCUT2D eigenvalue weighted by molar-refractivity contribution is 0.217. The van der Waals surface area contributed by atoms with E-state index in [0.29, 0.717) is 12.0 Å². The molecule has 0 aliphatic rings. The maximum Gasteiger partial charge on any atom is 0.0902 e. The third kappa shape index (κ3) is 4.13. The first-order valence-electron chi connectivity index (χ1n) is 6.23. The lowest BCUT2D eigenvalue weighted by Crippen LogP contribution is -2.11. The Bertz CT molecular complexity index is 588. The number of benzene rings is 2. The highest BCUT2D eigenvalue weighted by atomic mass is 16.3. The van der Waals surface area contributed by atoms with Gasteiger partial charge in [-0.2, -0.15) is 0 Å². The maximum absolute atomic E-state index is 10.0. The van der Waals surface area contributed by atoms with E-state index < -0.39 is 6.10 Å². The molecule has 94 valence electrons. The standard InChI is InChI=1S/C18H16O/c1-15(12-13-16-8-4-2-5-9-16)18(19)14-17-10-6-3-7-11-17/h2-11,18-19H,1,14H2. The minimum atomic E-state index is -0.626.